The first-order valence-corrected chi connectivity index (χ1v) is 4.64. The molecule has 64 valence electrons. The minimum Gasteiger partial charge on any atom is -0.344 e. The van der Waals surface area contributed by atoms with Gasteiger partial charge in [-0.3, -0.25) is 0 Å². The van der Waals surface area contributed by atoms with E-state index in [0.29, 0.717) is 12.8 Å². The molecule has 0 aliphatic carbocycles. The van der Waals surface area contributed by atoms with Crippen LogP contribution < -0.4 is 11.3 Å². The van der Waals surface area contributed by atoms with Crippen molar-refractivity contribution in [3.05, 3.63) is 0 Å². The molecule has 0 aromatic carbocycles. The van der Waals surface area contributed by atoms with E-state index in [-0.39, 0.29) is 11.4 Å². The van der Waals surface area contributed by atoms with Gasteiger partial charge in [0.05, 0.1) is 5.25 Å². The van der Waals surface area contributed by atoms with Crippen LogP contribution in [-0.2, 0) is 10.0 Å². The van der Waals surface area contributed by atoms with Crippen LogP contribution in [0.4, 0.5) is 0 Å². The Morgan fingerprint density at radius 2 is 1.60 bits per heavy atom. The maximum absolute atomic E-state index is 10.6. The average Bonchev–Trinajstić information content (AvgIpc) is 1.65. The van der Waals surface area contributed by atoms with Crippen molar-refractivity contribution in [2.45, 2.75) is 31.9 Å². The van der Waals surface area contributed by atoms with Gasteiger partial charge in [-0.1, -0.05) is 13.8 Å². The highest BCUT2D eigenvalue weighted by molar-refractivity contribution is 7.89. The molecule has 0 rings (SSSR count). The van der Waals surface area contributed by atoms with E-state index in [1.165, 1.54) is 0 Å². The number of hydrogen-bond donors (Lipinski definition) is 2. The quantitative estimate of drug-likeness (QED) is 0.646. The van der Waals surface area contributed by atoms with E-state index in [0.717, 1.165) is 0 Å². The minimum atomic E-state index is -3.27. The smallest absolute Gasteiger partial charge is 0.211 e. The Hall–Kier alpha value is -0.130. The maximum atomic E-state index is 10.6. The van der Waals surface area contributed by atoms with E-state index in [2.05, 4.69) is 0 Å². The van der Waals surface area contributed by atoms with Crippen LogP contribution in [0.25, 0.3) is 0 Å². The molecular formula is C5H16N2O2S. The van der Waals surface area contributed by atoms with Crippen molar-refractivity contribution in [3.8, 4) is 0 Å². The molecule has 0 bridgehead atoms. The first-order chi connectivity index (χ1) is 4.02. The molecule has 0 aromatic heterocycles. The van der Waals surface area contributed by atoms with Gasteiger partial charge in [0.1, 0.15) is 0 Å². The molecule has 0 spiro atoms. The lowest BCUT2D eigenvalue weighted by molar-refractivity contribution is 0.573. The third-order valence-corrected chi connectivity index (χ3v) is 2.97. The van der Waals surface area contributed by atoms with Crippen molar-refractivity contribution in [2.24, 2.45) is 5.14 Å². The van der Waals surface area contributed by atoms with Crippen LogP contribution >= 0.6 is 0 Å². The van der Waals surface area contributed by atoms with Gasteiger partial charge in [-0.25, -0.2) is 13.6 Å². The third-order valence-electron chi connectivity index (χ3n) is 1.38. The molecule has 0 aliphatic rings. The van der Waals surface area contributed by atoms with Crippen LogP contribution in [0.5, 0.6) is 0 Å². The Morgan fingerprint density at radius 3 is 1.60 bits per heavy atom. The number of sulfonamides is 1. The van der Waals surface area contributed by atoms with E-state index in [9.17, 15) is 8.42 Å². The lowest BCUT2D eigenvalue weighted by atomic mass is 10.3. The van der Waals surface area contributed by atoms with Gasteiger partial charge in [-0.05, 0) is 12.8 Å². The predicted molar refractivity (Wildman–Crippen MR) is 42.5 cm³/mol. The van der Waals surface area contributed by atoms with Gasteiger partial charge < -0.3 is 6.15 Å². The fourth-order valence-electron chi connectivity index (χ4n) is 0.753. The second-order valence-electron chi connectivity index (χ2n) is 2.03. The molecule has 0 amide bonds. The van der Waals surface area contributed by atoms with Gasteiger partial charge in [-0.15, -0.1) is 0 Å². The summed E-state index contributed by atoms with van der Waals surface area (Å²) in [5.74, 6) is 0. The molecule has 0 saturated heterocycles. The first-order valence-electron chi connectivity index (χ1n) is 3.04. The zero-order valence-electron chi connectivity index (χ0n) is 6.50. The van der Waals surface area contributed by atoms with Crippen LogP contribution in [0.15, 0.2) is 0 Å². The highest BCUT2D eigenvalue weighted by atomic mass is 32.2. The lowest BCUT2D eigenvalue weighted by Gasteiger charge is -2.07. The summed E-state index contributed by atoms with van der Waals surface area (Å²) < 4.78 is 21.1. The number of rotatable bonds is 3. The second kappa shape index (κ2) is 4.65. The summed E-state index contributed by atoms with van der Waals surface area (Å²) in [4.78, 5) is 0. The van der Waals surface area contributed by atoms with Gasteiger partial charge in [0.25, 0.3) is 0 Å². The summed E-state index contributed by atoms with van der Waals surface area (Å²) in [6.07, 6.45) is 1.21. The third kappa shape index (κ3) is 3.81. The van der Waals surface area contributed by atoms with E-state index in [4.69, 9.17) is 5.14 Å². The molecule has 0 atom stereocenters. The van der Waals surface area contributed by atoms with Crippen LogP contribution in [0.2, 0.25) is 0 Å². The molecule has 0 radical (unpaired) electrons. The number of hydrogen-bond acceptors (Lipinski definition) is 3. The maximum Gasteiger partial charge on any atom is 0.211 e. The van der Waals surface area contributed by atoms with Crippen molar-refractivity contribution in [2.75, 3.05) is 0 Å². The van der Waals surface area contributed by atoms with Gasteiger partial charge in [0.15, 0.2) is 0 Å². The first kappa shape index (κ1) is 12.5. The van der Waals surface area contributed by atoms with Crippen molar-refractivity contribution in [3.63, 3.8) is 0 Å². The molecule has 5 N–H and O–H groups in total. The van der Waals surface area contributed by atoms with Gasteiger partial charge >= 0.3 is 0 Å². The van der Waals surface area contributed by atoms with Crippen LogP contribution in [0, 0.1) is 0 Å². The van der Waals surface area contributed by atoms with Gasteiger partial charge in [0.2, 0.25) is 10.0 Å². The van der Waals surface area contributed by atoms with Crippen molar-refractivity contribution in [1.82, 2.24) is 6.15 Å². The normalized spacial score (nSPS) is 11.2. The Balaban J connectivity index is 0. The standard InChI is InChI=1S/C5H13NO2S.H3N/c1-3-5(4-2)9(6,7)8;/h5H,3-4H2,1-2H3,(H2,6,7,8);1H3. The Morgan fingerprint density at radius 1 is 1.30 bits per heavy atom. The summed E-state index contributed by atoms with van der Waals surface area (Å²) in [7, 11) is -3.27. The number of nitrogens with two attached hydrogens (primary N) is 1. The van der Waals surface area contributed by atoms with Crippen LogP contribution in [0.3, 0.4) is 0 Å². The van der Waals surface area contributed by atoms with Crippen molar-refractivity contribution < 1.29 is 8.42 Å². The highest BCUT2D eigenvalue weighted by Gasteiger charge is 2.15. The topological polar surface area (TPSA) is 95.2 Å². The van der Waals surface area contributed by atoms with E-state index in [1.807, 2.05) is 13.8 Å². The molecule has 10 heavy (non-hydrogen) atoms. The van der Waals surface area contributed by atoms with Gasteiger partial charge in [0, 0.05) is 0 Å². The SMILES string of the molecule is CCC(CC)S(N)(=O)=O.N. The zero-order valence-corrected chi connectivity index (χ0v) is 7.32. The molecule has 0 aromatic rings. The fraction of sp³-hybridized carbons (Fsp3) is 1.00. The second-order valence-corrected chi connectivity index (χ2v) is 3.87. The lowest BCUT2D eigenvalue weighted by Crippen LogP contribution is -2.26. The molecule has 0 fully saturated rings. The van der Waals surface area contributed by atoms with E-state index >= 15 is 0 Å². The van der Waals surface area contributed by atoms with Crippen LogP contribution in [0.1, 0.15) is 26.7 Å². The largest absolute Gasteiger partial charge is 0.344 e. The molecule has 0 aliphatic heterocycles. The fourth-order valence-corrected chi connectivity index (χ4v) is 1.68. The summed E-state index contributed by atoms with van der Waals surface area (Å²) >= 11 is 0. The van der Waals surface area contributed by atoms with Gasteiger partial charge in [-0.2, -0.15) is 0 Å². The monoisotopic (exact) mass is 168 g/mol. The summed E-state index contributed by atoms with van der Waals surface area (Å²) in [6.45, 7) is 3.64. The van der Waals surface area contributed by atoms with E-state index in [1.54, 1.807) is 0 Å². The Bertz CT molecular complexity index is 160. The Labute approximate surface area is 62.4 Å². The summed E-state index contributed by atoms with van der Waals surface area (Å²) in [5, 5.41) is 4.52. The van der Waals surface area contributed by atoms with Crippen molar-refractivity contribution in [1.29, 1.82) is 0 Å². The predicted octanol–water partition coefficient (Wildman–Crippen LogP) is 0.626. The van der Waals surface area contributed by atoms with E-state index < -0.39 is 10.0 Å². The molecular weight excluding hydrogens is 152 g/mol. The Kier molecular flexibility index (Phi) is 5.83. The molecule has 4 nitrogen and oxygen atoms in total. The summed E-state index contributed by atoms with van der Waals surface area (Å²) in [5.41, 5.74) is 0. The number of primary sulfonamides is 1. The highest BCUT2D eigenvalue weighted by Crippen LogP contribution is 2.04. The minimum absolute atomic E-state index is 0. The van der Waals surface area contributed by atoms with Crippen molar-refractivity contribution >= 4 is 10.0 Å². The molecule has 0 unspecified atom stereocenters. The molecule has 5 heteroatoms. The molecule has 0 heterocycles. The molecule has 0 saturated carbocycles. The zero-order chi connectivity index (χ0) is 7.49. The van der Waals surface area contributed by atoms with Crippen LogP contribution in [-0.4, -0.2) is 13.7 Å². The summed E-state index contributed by atoms with van der Waals surface area (Å²) in [6, 6.07) is 0. The average molecular weight is 168 g/mol.